The summed E-state index contributed by atoms with van der Waals surface area (Å²) < 4.78 is 29.0. The largest absolute Gasteiger partial charge is 0.494 e. The highest BCUT2D eigenvalue weighted by Crippen LogP contribution is 2.26. The molecular weight excluding hydrogens is 250 g/mol. The molecule has 1 aromatic carbocycles. The molecular formula is C13H21NO3S. The second-order valence-electron chi connectivity index (χ2n) is 4.01. The van der Waals surface area contributed by atoms with E-state index in [1.807, 2.05) is 31.2 Å². The quantitative estimate of drug-likeness (QED) is 0.821. The average Bonchev–Trinajstić information content (AvgIpc) is 2.37. The fourth-order valence-corrected chi connectivity index (χ4v) is 2.85. The zero-order valence-electron chi connectivity index (χ0n) is 11.1. The lowest BCUT2D eigenvalue weighted by atomic mass is 10.1. The van der Waals surface area contributed by atoms with Crippen LogP contribution in [0.4, 0.5) is 0 Å². The van der Waals surface area contributed by atoms with E-state index in [9.17, 15) is 8.42 Å². The monoisotopic (exact) mass is 271 g/mol. The Hall–Kier alpha value is -1.07. The second kappa shape index (κ2) is 6.75. The van der Waals surface area contributed by atoms with E-state index < -0.39 is 9.84 Å². The maximum absolute atomic E-state index is 11.7. The van der Waals surface area contributed by atoms with E-state index in [0.29, 0.717) is 6.61 Å². The second-order valence-corrected chi connectivity index (χ2v) is 6.41. The molecule has 1 aromatic rings. The van der Waals surface area contributed by atoms with Crippen LogP contribution >= 0.6 is 0 Å². The molecule has 0 aliphatic rings. The molecule has 0 saturated carbocycles. The Morgan fingerprint density at radius 3 is 2.50 bits per heavy atom. The fraction of sp³-hybridized carbons (Fsp3) is 0.538. The Bertz CT molecular complexity index is 471. The van der Waals surface area contributed by atoms with Crippen LogP contribution in [-0.4, -0.2) is 33.6 Å². The van der Waals surface area contributed by atoms with Gasteiger partial charge in [0.1, 0.15) is 5.75 Å². The lowest BCUT2D eigenvalue weighted by Crippen LogP contribution is -2.26. The van der Waals surface area contributed by atoms with Crippen LogP contribution in [-0.2, 0) is 9.84 Å². The van der Waals surface area contributed by atoms with E-state index in [0.717, 1.165) is 11.3 Å². The first kappa shape index (κ1) is 15.0. The Labute approximate surface area is 109 Å². The molecule has 1 atom stereocenters. The third-order valence-electron chi connectivity index (χ3n) is 2.80. The van der Waals surface area contributed by atoms with Gasteiger partial charge in [-0.05, 0) is 20.0 Å². The summed E-state index contributed by atoms with van der Waals surface area (Å²) >= 11 is 0. The van der Waals surface area contributed by atoms with E-state index >= 15 is 0 Å². The summed E-state index contributed by atoms with van der Waals surface area (Å²) in [5, 5.41) is 3.05. The van der Waals surface area contributed by atoms with Crippen LogP contribution in [0.5, 0.6) is 5.75 Å². The van der Waals surface area contributed by atoms with Crippen molar-refractivity contribution < 1.29 is 13.2 Å². The van der Waals surface area contributed by atoms with Crippen molar-refractivity contribution in [3.05, 3.63) is 29.8 Å². The summed E-state index contributed by atoms with van der Waals surface area (Å²) in [6.07, 6.45) is 0. The highest BCUT2D eigenvalue weighted by molar-refractivity contribution is 7.91. The van der Waals surface area contributed by atoms with Crippen molar-refractivity contribution >= 4 is 9.84 Å². The summed E-state index contributed by atoms with van der Waals surface area (Å²) in [5.74, 6) is 0.983. The Kier molecular flexibility index (Phi) is 5.62. The molecule has 1 unspecified atom stereocenters. The van der Waals surface area contributed by atoms with Crippen molar-refractivity contribution in [2.24, 2.45) is 0 Å². The van der Waals surface area contributed by atoms with Crippen molar-refractivity contribution in [2.45, 2.75) is 19.9 Å². The molecule has 0 bridgehead atoms. The lowest BCUT2D eigenvalue weighted by molar-refractivity contribution is 0.333. The fourth-order valence-electron chi connectivity index (χ4n) is 1.76. The summed E-state index contributed by atoms with van der Waals surface area (Å²) in [7, 11) is -1.27. The Balaban J connectivity index is 3.01. The Morgan fingerprint density at radius 2 is 1.94 bits per heavy atom. The number of para-hydroxylation sites is 1. The zero-order chi connectivity index (χ0) is 13.6. The van der Waals surface area contributed by atoms with Crippen molar-refractivity contribution in [1.29, 1.82) is 0 Å². The van der Waals surface area contributed by atoms with Crippen LogP contribution in [0.1, 0.15) is 25.5 Å². The average molecular weight is 271 g/mol. The van der Waals surface area contributed by atoms with E-state index in [2.05, 4.69) is 5.32 Å². The van der Waals surface area contributed by atoms with Crippen LogP contribution in [0.2, 0.25) is 0 Å². The Morgan fingerprint density at radius 1 is 1.28 bits per heavy atom. The minimum atomic E-state index is -3.03. The van der Waals surface area contributed by atoms with E-state index in [-0.39, 0.29) is 17.5 Å². The predicted octanol–water partition coefficient (Wildman–Crippen LogP) is 1.78. The van der Waals surface area contributed by atoms with Crippen molar-refractivity contribution in [3.63, 3.8) is 0 Å². The van der Waals surface area contributed by atoms with Gasteiger partial charge in [0.15, 0.2) is 9.84 Å². The lowest BCUT2D eigenvalue weighted by Gasteiger charge is -2.19. The number of ether oxygens (including phenoxy) is 1. The first-order chi connectivity index (χ1) is 8.54. The van der Waals surface area contributed by atoms with E-state index in [4.69, 9.17) is 4.74 Å². The number of nitrogens with one attached hydrogen (secondary N) is 1. The summed E-state index contributed by atoms with van der Waals surface area (Å²) in [5.41, 5.74) is 0.888. The zero-order valence-corrected chi connectivity index (χ0v) is 12.0. The molecule has 5 heteroatoms. The van der Waals surface area contributed by atoms with Gasteiger partial charge < -0.3 is 10.1 Å². The first-order valence-corrected chi connectivity index (χ1v) is 7.95. The van der Waals surface area contributed by atoms with Gasteiger partial charge in [0.05, 0.1) is 12.4 Å². The molecule has 0 radical (unpaired) electrons. The molecule has 0 saturated heterocycles. The molecule has 0 fully saturated rings. The van der Waals surface area contributed by atoms with Gasteiger partial charge in [0.25, 0.3) is 0 Å². The standard InChI is InChI=1S/C13H21NO3S/c1-4-17-13-9-7-6-8-11(13)12(14-3)10-18(15,16)5-2/h6-9,12,14H,4-5,10H2,1-3H3. The van der Waals surface area contributed by atoms with Gasteiger partial charge in [0, 0.05) is 17.4 Å². The van der Waals surface area contributed by atoms with E-state index in [1.165, 1.54) is 0 Å². The molecule has 1 rings (SSSR count). The van der Waals surface area contributed by atoms with Crippen LogP contribution in [0.25, 0.3) is 0 Å². The molecule has 0 aliphatic carbocycles. The number of benzene rings is 1. The number of rotatable bonds is 7. The van der Waals surface area contributed by atoms with Crippen molar-refractivity contribution in [3.8, 4) is 5.75 Å². The highest BCUT2D eigenvalue weighted by atomic mass is 32.2. The summed E-state index contributed by atoms with van der Waals surface area (Å²) in [6.45, 7) is 4.14. The summed E-state index contributed by atoms with van der Waals surface area (Å²) in [4.78, 5) is 0. The molecule has 4 nitrogen and oxygen atoms in total. The number of sulfone groups is 1. The predicted molar refractivity (Wildman–Crippen MR) is 73.7 cm³/mol. The van der Waals surface area contributed by atoms with Crippen LogP contribution in [0, 0.1) is 0 Å². The maximum atomic E-state index is 11.7. The molecule has 0 spiro atoms. The van der Waals surface area contributed by atoms with Gasteiger partial charge in [-0.15, -0.1) is 0 Å². The molecule has 1 N–H and O–H groups in total. The molecule has 0 amide bonds. The third-order valence-corrected chi connectivity index (χ3v) is 4.52. The van der Waals surface area contributed by atoms with Crippen molar-refractivity contribution in [2.75, 3.05) is 25.2 Å². The molecule has 102 valence electrons. The summed E-state index contributed by atoms with van der Waals surface area (Å²) in [6, 6.07) is 7.30. The molecule has 0 aromatic heterocycles. The van der Waals surface area contributed by atoms with E-state index in [1.54, 1.807) is 14.0 Å². The number of hydrogen-bond acceptors (Lipinski definition) is 4. The third kappa shape index (κ3) is 3.99. The minimum Gasteiger partial charge on any atom is -0.494 e. The minimum absolute atomic E-state index is 0.0874. The van der Waals surface area contributed by atoms with Gasteiger partial charge in [-0.3, -0.25) is 0 Å². The van der Waals surface area contributed by atoms with Crippen LogP contribution in [0.3, 0.4) is 0 Å². The van der Waals surface area contributed by atoms with Gasteiger partial charge in [-0.25, -0.2) is 8.42 Å². The molecule has 0 aliphatic heterocycles. The first-order valence-electron chi connectivity index (χ1n) is 6.13. The van der Waals surface area contributed by atoms with Crippen molar-refractivity contribution in [1.82, 2.24) is 5.32 Å². The SMILES string of the molecule is CCOc1ccccc1C(CS(=O)(=O)CC)NC. The van der Waals surface area contributed by atoms with Gasteiger partial charge in [0.2, 0.25) is 0 Å². The smallest absolute Gasteiger partial charge is 0.151 e. The van der Waals surface area contributed by atoms with Gasteiger partial charge in [-0.1, -0.05) is 25.1 Å². The highest BCUT2D eigenvalue weighted by Gasteiger charge is 2.20. The topological polar surface area (TPSA) is 55.4 Å². The molecule has 18 heavy (non-hydrogen) atoms. The maximum Gasteiger partial charge on any atom is 0.151 e. The van der Waals surface area contributed by atoms with Gasteiger partial charge in [-0.2, -0.15) is 0 Å². The van der Waals surface area contributed by atoms with Gasteiger partial charge >= 0.3 is 0 Å². The van der Waals surface area contributed by atoms with Crippen LogP contribution < -0.4 is 10.1 Å². The van der Waals surface area contributed by atoms with Crippen LogP contribution in [0.15, 0.2) is 24.3 Å². The normalized spacial score (nSPS) is 13.3. The molecule has 0 heterocycles. The number of hydrogen-bond donors (Lipinski definition) is 1.